The molecule has 0 atom stereocenters. The molecule has 7 nitrogen and oxygen atoms in total. The number of ether oxygens (including phenoxy) is 1. The molecule has 2 N–H and O–H groups in total. The van der Waals surface area contributed by atoms with Gasteiger partial charge in [-0.15, -0.1) is 0 Å². The number of nitrogens with zero attached hydrogens (tertiary/aromatic N) is 2. The largest absolute Gasteiger partial charge is 0.489 e. The molecule has 0 fully saturated rings. The van der Waals surface area contributed by atoms with Gasteiger partial charge in [0.15, 0.2) is 0 Å². The summed E-state index contributed by atoms with van der Waals surface area (Å²) < 4.78 is 11.0. The highest BCUT2D eigenvalue weighted by Gasteiger charge is 2.11. The number of aromatic amines is 1. The first kappa shape index (κ1) is 19.5. The maximum Gasteiger partial charge on any atom is 0.289 e. The van der Waals surface area contributed by atoms with E-state index in [-0.39, 0.29) is 5.69 Å². The fourth-order valence-electron chi connectivity index (χ4n) is 2.66. The number of furan rings is 1. The first-order chi connectivity index (χ1) is 14.7. The molecule has 0 unspecified atom stereocenters. The van der Waals surface area contributed by atoms with Crippen molar-refractivity contribution >= 4 is 23.7 Å². The van der Waals surface area contributed by atoms with Crippen molar-refractivity contribution < 1.29 is 13.9 Å². The highest BCUT2D eigenvalue weighted by molar-refractivity contribution is 6.30. The van der Waals surface area contributed by atoms with Gasteiger partial charge in [0.05, 0.1) is 18.2 Å². The molecule has 2 aromatic carbocycles. The highest BCUT2D eigenvalue weighted by Crippen LogP contribution is 2.23. The third-order valence-electron chi connectivity index (χ3n) is 4.17. The second-order valence-corrected chi connectivity index (χ2v) is 6.76. The number of hydrogen-bond donors (Lipinski definition) is 2. The molecular formula is C22H17ClN4O3. The normalized spacial score (nSPS) is 11.0. The van der Waals surface area contributed by atoms with Crippen LogP contribution in [0.15, 0.2) is 82.5 Å². The SMILES string of the molecule is O=C(N/N=C\c1ccco1)c1cc(-c2cccc(OCc3ccc(Cl)cc3)c2)n[nH]1. The van der Waals surface area contributed by atoms with E-state index in [2.05, 4.69) is 20.7 Å². The van der Waals surface area contributed by atoms with E-state index in [0.717, 1.165) is 11.1 Å². The summed E-state index contributed by atoms with van der Waals surface area (Å²) in [5, 5.41) is 11.5. The van der Waals surface area contributed by atoms with Crippen molar-refractivity contribution in [2.75, 3.05) is 0 Å². The molecule has 0 saturated heterocycles. The molecule has 0 aliphatic heterocycles. The number of H-pyrrole nitrogens is 1. The number of aromatic nitrogens is 2. The van der Waals surface area contributed by atoms with E-state index in [1.165, 1.54) is 12.5 Å². The molecule has 2 aromatic heterocycles. The van der Waals surface area contributed by atoms with Gasteiger partial charge < -0.3 is 9.15 Å². The molecule has 0 bridgehead atoms. The second kappa shape index (κ2) is 9.11. The smallest absolute Gasteiger partial charge is 0.289 e. The van der Waals surface area contributed by atoms with Crippen LogP contribution in [0.3, 0.4) is 0 Å². The average molecular weight is 421 g/mol. The summed E-state index contributed by atoms with van der Waals surface area (Å²) in [5.41, 5.74) is 5.16. The Morgan fingerprint density at radius 2 is 2.03 bits per heavy atom. The highest BCUT2D eigenvalue weighted by atomic mass is 35.5. The monoisotopic (exact) mass is 420 g/mol. The Morgan fingerprint density at radius 3 is 2.83 bits per heavy atom. The van der Waals surface area contributed by atoms with Crippen molar-refractivity contribution in [3.8, 4) is 17.0 Å². The molecule has 4 rings (SSSR count). The first-order valence-electron chi connectivity index (χ1n) is 9.07. The number of benzene rings is 2. The molecule has 0 saturated carbocycles. The predicted molar refractivity (Wildman–Crippen MR) is 114 cm³/mol. The Hall–Kier alpha value is -3.84. The van der Waals surface area contributed by atoms with Crippen LogP contribution < -0.4 is 10.2 Å². The Labute approximate surface area is 177 Å². The summed E-state index contributed by atoms with van der Waals surface area (Å²) in [7, 11) is 0. The van der Waals surface area contributed by atoms with Crippen molar-refractivity contribution in [1.29, 1.82) is 0 Å². The zero-order chi connectivity index (χ0) is 20.8. The molecule has 0 aliphatic carbocycles. The molecule has 150 valence electrons. The van der Waals surface area contributed by atoms with Crippen LogP contribution in [0.1, 0.15) is 21.8 Å². The molecule has 0 spiro atoms. The number of carbonyl (C=O) groups is 1. The van der Waals surface area contributed by atoms with E-state index in [4.69, 9.17) is 20.8 Å². The molecule has 1 amide bonds. The van der Waals surface area contributed by atoms with Crippen LogP contribution in [0.2, 0.25) is 5.02 Å². The van der Waals surface area contributed by atoms with Gasteiger partial charge in [-0.1, -0.05) is 35.9 Å². The lowest BCUT2D eigenvalue weighted by Gasteiger charge is -2.07. The fraction of sp³-hybridized carbons (Fsp3) is 0.0455. The van der Waals surface area contributed by atoms with Gasteiger partial charge in [-0.25, -0.2) is 5.43 Å². The van der Waals surface area contributed by atoms with Gasteiger partial charge in [0.1, 0.15) is 23.8 Å². The van der Waals surface area contributed by atoms with Gasteiger partial charge in [0.25, 0.3) is 5.91 Å². The Kier molecular flexibility index (Phi) is 5.91. The molecule has 30 heavy (non-hydrogen) atoms. The van der Waals surface area contributed by atoms with Crippen molar-refractivity contribution in [3.63, 3.8) is 0 Å². The summed E-state index contributed by atoms with van der Waals surface area (Å²) in [6.07, 6.45) is 2.94. The molecular weight excluding hydrogens is 404 g/mol. The maximum atomic E-state index is 12.2. The molecule has 0 aliphatic rings. The molecule has 8 heteroatoms. The van der Waals surface area contributed by atoms with Crippen molar-refractivity contribution in [1.82, 2.24) is 15.6 Å². The average Bonchev–Trinajstić information content (AvgIpc) is 3.46. The van der Waals surface area contributed by atoms with Gasteiger partial charge in [-0.2, -0.15) is 10.2 Å². The summed E-state index contributed by atoms with van der Waals surface area (Å²) in [6.45, 7) is 0.419. The second-order valence-electron chi connectivity index (χ2n) is 6.32. The lowest BCUT2D eigenvalue weighted by Crippen LogP contribution is -2.17. The van der Waals surface area contributed by atoms with E-state index in [1.807, 2.05) is 48.5 Å². The third kappa shape index (κ3) is 4.95. The zero-order valence-electron chi connectivity index (χ0n) is 15.7. The van der Waals surface area contributed by atoms with Crippen LogP contribution in [0.5, 0.6) is 5.75 Å². The number of rotatable bonds is 7. The molecule has 4 aromatic rings. The van der Waals surface area contributed by atoms with Crippen molar-refractivity contribution in [2.45, 2.75) is 6.61 Å². The minimum absolute atomic E-state index is 0.286. The number of hydrogen-bond acceptors (Lipinski definition) is 5. The zero-order valence-corrected chi connectivity index (χ0v) is 16.5. The van der Waals surface area contributed by atoms with E-state index < -0.39 is 5.91 Å². The predicted octanol–water partition coefficient (Wildman–Crippen LogP) is 4.67. The van der Waals surface area contributed by atoms with Crippen LogP contribution in [-0.2, 0) is 6.61 Å². The van der Waals surface area contributed by atoms with Gasteiger partial charge in [0.2, 0.25) is 0 Å². The number of halogens is 1. The van der Waals surface area contributed by atoms with Crippen LogP contribution in [-0.4, -0.2) is 22.3 Å². The van der Waals surface area contributed by atoms with Crippen LogP contribution in [0, 0.1) is 0 Å². The van der Waals surface area contributed by atoms with Gasteiger partial charge >= 0.3 is 0 Å². The van der Waals surface area contributed by atoms with Crippen LogP contribution >= 0.6 is 11.6 Å². The minimum atomic E-state index is -0.410. The van der Waals surface area contributed by atoms with E-state index in [0.29, 0.717) is 28.8 Å². The summed E-state index contributed by atoms with van der Waals surface area (Å²) in [5.74, 6) is 0.821. The molecule has 0 radical (unpaired) electrons. The lowest BCUT2D eigenvalue weighted by molar-refractivity contribution is 0.0950. The van der Waals surface area contributed by atoms with Crippen molar-refractivity contribution in [2.24, 2.45) is 5.10 Å². The lowest BCUT2D eigenvalue weighted by atomic mass is 10.1. The topological polar surface area (TPSA) is 92.5 Å². The summed E-state index contributed by atoms with van der Waals surface area (Å²) in [6, 6.07) is 20.1. The van der Waals surface area contributed by atoms with Gasteiger partial charge in [-0.3, -0.25) is 9.89 Å². The number of nitrogens with one attached hydrogen (secondary N) is 2. The standard InChI is InChI=1S/C22H17ClN4O3/c23-17-8-6-15(7-9-17)14-30-18-4-1-3-16(11-18)20-12-21(26-25-20)22(28)27-24-13-19-5-2-10-29-19/h1-13H,14H2,(H,25,26)(H,27,28)/b24-13-. The first-order valence-corrected chi connectivity index (χ1v) is 9.45. The van der Waals surface area contributed by atoms with Crippen molar-refractivity contribution in [3.05, 3.63) is 95.0 Å². The Morgan fingerprint density at radius 1 is 1.17 bits per heavy atom. The Balaban J connectivity index is 1.39. The van der Waals surface area contributed by atoms with Gasteiger partial charge in [0, 0.05) is 10.6 Å². The van der Waals surface area contributed by atoms with E-state index in [9.17, 15) is 4.79 Å². The maximum absolute atomic E-state index is 12.2. The van der Waals surface area contributed by atoms with Crippen LogP contribution in [0.4, 0.5) is 0 Å². The summed E-state index contributed by atoms with van der Waals surface area (Å²) >= 11 is 5.90. The molecule has 2 heterocycles. The minimum Gasteiger partial charge on any atom is -0.489 e. The quantitative estimate of drug-likeness (QED) is 0.336. The fourth-order valence-corrected chi connectivity index (χ4v) is 2.78. The number of carbonyl (C=O) groups excluding carboxylic acids is 1. The number of amides is 1. The van der Waals surface area contributed by atoms with Gasteiger partial charge in [-0.05, 0) is 48.0 Å². The number of hydrazone groups is 1. The van der Waals surface area contributed by atoms with Crippen LogP contribution in [0.25, 0.3) is 11.3 Å². The third-order valence-corrected chi connectivity index (χ3v) is 4.42. The van der Waals surface area contributed by atoms with E-state index >= 15 is 0 Å². The Bertz CT molecular complexity index is 1150. The van der Waals surface area contributed by atoms with E-state index in [1.54, 1.807) is 18.2 Å². The summed E-state index contributed by atoms with van der Waals surface area (Å²) in [4.78, 5) is 12.2.